The molecule has 1 aliphatic heterocycles. The lowest BCUT2D eigenvalue weighted by molar-refractivity contribution is -0.123. The van der Waals surface area contributed by atoms with E-state index in [-0.39, 0.29) is 18.5 Å². The Morgan fingerprint density at radius 1 is 1.41 bits per heavy atom. The van der Waals surface area contributed by atoms with Gasteiger partial charge in [-0.3, -0.25) is 4.79 Å². The van der Waals surface area contributed by atoms with Crippen molar-refractivity contribution in [1.29, 1.82) is 0 Å². The van der Waals surface area contributed by atoms with Crippen LogP contribution in [0.2, 0.25) is 0 Å². The van der Waals surface area contributed by atoms with Crippen molar-refractivity contribution in [3.05, 3.63) is 0 Å². The van der Waals surface area contributed by atoms with Crippen molar-refractivity contribution in [1.82, 2.24) is 10.6 Å². The Hall–Kier alpha value is -0.620. The van der Waals surface area contributed by atoms with Gasteiger partial charge in [0.1, 0.15) is 0 Å². The zero-order valence-corrected chi connectivity index (χ0v) is 11.6. The SMILES string of the molecule is CC(C)(CNC(=O)C1CCCCN1)S(C)(=O)=O. The topological polar surface area (TPSA) is 75.3 Å². The molecular weight excluding hydrogens is 240 g/mol. The van der Waals surface area contributed by atoms with E-state index >= 15 is 0 Å². The maximum absolute atomic E-state index is 11.8. The first-order valence-electron chi connectivity index (χ1n) is 5.95. The average molecular weight is 262 g/mol. The number of rotatable bonds is 4. The Kier molecular flexibility index (Phi) is 4.55. The van der Waals surface area contributed by atoms with E-state index < -0.39 is 14.6 Å². The molecule has 2 N–H and O–H groups in total. The highest BCUT2D eigenvalue weighted by molar-refractivity contribution is 7.92. The van der Waals surface area contributed by atoms with Crippen LogP contribution < -0.4 is 10.6 Å². The van der Waals surface area contributed by atoms with E-state index in [0.717, 1.165) is 25.8 Å². The fourth-order valence-corrected chi connectivity index (χ4v) is 1.96. The molecule has 0 saturated carbocycles. The first-order valence-corrected chi connectivity index (χ1v) is 7.84. The minimum atomic E-state index is -3.16. The van der Waals surface area contributed by atoms with Gasteiger partial charge in [0.05, 0.1) is 10.8 Å². The number of carbonyl (C=O) groups excluding carboxylic acids is 1. The summed E-state index contributed by atoms with van der Waals surface area (Å²) in [4.78, 5) is 11.8. The minimum absolute atomic E-state index is 0.0959. The van der Waals surface area contributed by atoms with Crippen LogP contribution in [-0.4, -0.2) is 44.5 Å². The molecule has 1 heterocycles. The number of hydrogen-bond acceptors (Lipinski definition) is 4. The first-order chi connectivity index (χ1) is 7.74. The van der Waals surface area contributed by atoms with Crippen LogP contribution in [0.25, 0.3) is 0 Å². The number of sulfone groups is 1. The molecule has 100 valence electrons. The van der Waals surface area contributed by atoms with Crippen LogP contribution in [0.5, 0.6) is 0 Å². The standard InChI is InChI=1S/C11H22N2O3S/c1-11(2,17(3,15)16)8-13-10(14)9-6-4-5-7-12-9/h9,12H,4-8H2,1-3H3,(H,13,14). The fraction of sp³-hybridized carbons (Fsp3) is 0.909. The maximum atomic E-state index is 11.8. The Morgan fingerprint density at radius 3 is 2.53 bits per heavy atom. The van der Waals surface area contributed by atoms with Crippen molar-refractivity contribution >= 4 is 15.7 Å². The molecule has 1 saturated heterocycles. The van der Waals surface area contributed by atoms with Crippen LogP contribution in [0.15, 0.2) is 0 Å². The largest absolute Gasteiger partial charge is 0.353 e. The Balaban J connectivity index is 2.47. The molecule has 1 rings (SSSR count). The van der Waals surface area contributed by atoms with E-state index in [1.165, 1.54) is 6.26 Å². The van der Waals surface area contributed by atoms with Gasteiger partial charge in [-0.1, -0.05) is 6.42 Å². The second-order valence-electron chi connectivity index (χ2n) is 5.25. The summed E-state index contributed by atoms with van der Waals surface area (Å²) in [6.07, 6.45) is 4.16. The molecular formula is C11H22N2O3S. The highest BCUT2D eigenvalue weighted by Crippen LogP contribution is 2.14. The first kappa shape index (κ1) is 14.4. The van der Waals surface area contributed by atoms with Gasteiger partial charge in [0.15, 0.2) is 9.84 Å². The monoisotopic (exact) mass is 262 g/mol. The van der Waals surface area contributed by atoms with E-state index in [2.05, 4.69) is 10.6 Å². The summed E-state index contributed by atoms with van der Waals surface area (Å²) in [7, 11) is -3.16. The molecule has 6 heteroatoms. The number of hydrogen-bond donors (Lipinski definition) is 2. The summed E-state index contributed by atoms with van der Waals surface area (Å²) in [5.41, 5.74) is 0. The van der Waals surface area contributed by atoms with Crippen molar-refractivity contribution < 1.29 is 13.2 Å². The molecule has 0 aliphatic carbocycles. The molecule has 1 unspecified atom stereocenters. The molecule has 17 heavy (non-hydrogen) atoms. The molecule has 1 amide bonds. The average Bonchev–Trinajstić information content (AvgIpc) is 2.25. The van der Waals surface area contributed by atoms with Gasteiger partial charge in [0.2, 0.25) is 5.91 Å². The molecule has 0 aromatic rings. The summed E-state index contributed by atoms with van der Waals surface area (Å²) in [5, 5.41) is 5.85. The van der Waals surface area contributed by atoms with Crippen molar-refractivity contribution in [2.45, 2.75) is 43.9 Å². The second kappa shape index (κ2) is 5.35. The third-order valence-electron chi connectivity index (χ3n) is 3.32. The van der Waals surface area contributed by atoms with E-state index in [1.54, 1.807) is 13.8 Å². The lowest BCUT2D eigenvalue weighted by Crippen LogP contribution is -2.51. The Labute approximate surface area is 103 Å². The summed E-state index contributed by atoms with van der Waals surface area (Å²) < 4.78 is 22.0. The van der Waals surface area contributed by atoms with Gasteiger partial charge in [0, 0.05) is 12.8 Å². The van der Waals surface area contributed by atoms with Gasteiger partial charge < -0.3 is 10.6 Å². The van der Waals surface area contributed by atoms with Crippen molar-refractivity contribution in [2.75, 3.05) is 19.3 Å². The third kappa shape index (κ3) is 3.96. The van der Waals surface area contributed by atoms with Gasteiger partial charge in [0.25, 0.3) is 0 Å². The van der Waals surface area contributed by atoms with Crippen LogP contribution in [0.4, 0.5) is 0 Å². The van der Waals surface area contributed by atoms with Gasteiger partial charge in [-0.25, -0.2) is 8.42 Å². The van der Waals surface area contributed by atoms with Crippen molar-refractivity contribution in [3.63, 3.8) is 0 Å². The Morgan fingerprint density at radius 2 is 2.06 bits per heavy atom. The van der Waals surface area contributed by atoms with E-state index in [0.29, 0.717) is 0 Å². The molecule has 1 atom stereocenters. The highest BCUT2D eigenvalue weighted by atomic mass is 32.2. The number of piperidine rings is 1. The molecule has 0 aromatic heterocycles. The maximum Gasteiger partial charge on any atom is 0.237 e. The molecule has 0 radical (unpaired) electrons. The van der Waals surface area contributed by atoms with Crippen molar-refractivity contribution in [3.8, 4) is 0 Å². The second-order valence-corrected chi connectivity index (χ2v) is 7.90. The molecule has 1 aliphatic rings. The molecule has 5 nitrogen and oxygen atoms in total. The summed E-state index contributed by atoms with van der Waals surface area (Å²) in [6.45, 7) is 4.25. The zero-order valence-electron chi connectivity index (χ0n) is 10.7. The predicted molar refractivity (Wildman–Crippen MR) is 67.6 cm³/mol. The smallest absolute Gasteiger partial charge is 0.237 e. The van der Waals surface area contributed by atoms with Crippen LogP contribution in [0.1, 0.15) is 33.1 Å². The van der Waals surface area contributed by atoms with Gasteiger partial charge in [-0.2, -0.15) is 0 Å². The van der Waals surface area contributed by atoms with E-state index in [9.17, 15) is 13.2 Å². The molecule has 0 bridgehead atoms. The quantitative estimate of drug-likeness (QED) is 0.752. The molecule has 0 aromatic carbocycles. The molecule has 0 spiro atoms. The normalized spacial score (nSPS) is 22.2. The van der Waals surface area contributed by atoms with E-state index in [4.69, 9.17) is 0 Å². The van der Waals surface area contributed by atoms with Crippen LogP contribution in [0, 0.1) is 0 Å². The minimum Gasteiger partial charge on any atom is -0.353 e. The molecule has 1 fully saturated rings. The lowest BCUT2D eigenvalue weighted by Gasteiger charge is -2.26. The van der Waals surface area contributed by atoms with Gasteiger partial charge in [-0.15, -0.1) is 0 Å². The van der Waals surface area contributed by atoms with Gasteiger partial charge in [-0.05, 0) is 33.2 Å². The third-order valence-corrected chi connectivity index (χ3v) is 5.47. The fourth-order valence-electron chi connectivity index (χ4n) is 1.63. The van der Waals surface area contributed by atoms with E-state index in [1.807, 2.05) is 0 Å². The van der Waals surface area contributed by atoms with Crippen LogP contribution in [0.3, 0.4) is 0 Å². The zero-order chi connectivity index (χ0) is 13.1. The summed E-state index contributed by atoms with van der Waals surface area (Å²) >= 11 is 0. The van der Waals surface area contributed by atoms with Gasteiger partial charge >= 0.3 is 0 Å². The van der Waals surface area contributed by atoms with Crippen molar-refractivity contribution in [2.24, 2.45) is 0 Å². The summed E-state index contributed by atoms with van der Waals surface area (Å²) in [5.74, 6) is -0.0959. The number of amides is 1. The lowest BCUT2D eigenvalue weighted by atomic mass is 10.0. The van der Waals surface area contributed by atoms with Crippen LogP contribution in [-0.2, 0) is 14.6 Å². The van der Waals surface area contributed by atoms with Crippen LogP contribution >= 0.6 is 0 Å². The number of carbonyl (C=O) groups is 1. The Bertz CT molecular complexity index is 370. The summed E-state index contributed by atoms with van der Waals surface area (Å²) in [6, 6.07) is -0.167. The highest BCUT2D eigenvalue weighted by Gasteiger charge is 2.31. The number of nitrogens with one attached hydrogen (secondary N) is 2. The predicted octanol–water partition coefficient (Wildman–Crippen LogP) is 0.0679.